The Bertz CT molecular complexity index is 707. The van der Waals surface area contributed by atoms with Crippen LogP contribution in [-0.4, -0.2) is 26.2 Å². The zero-order valence-electron chi connectivity index (χ0n) is 13.8. The highest BCUT2D eigenvalue weighted by Crippen LogP contribution is 2.34. The van der Waals surface area contributed by atoms with Gasteiger partial charge in [-0.25, -0.2) is 4.79 Å². The highest BCUT2D eigenvalue weighted by molar-refractivity contribution is 9.10. The fraction of sp³-hybridized carbons (Fsp3) is 0.263. The third kappa shape index (κ3) is 4.03. The number of hydrogen-bond donors (Lipinski definition) is 0. The van der Waals surface area contributed by atoms with Crippen molar-refractivity contribution in [1.82, 2.24) is 0 Å². The molecule has 0 spiro atoms. The molecule has 2 rings (SSSR count). The summed E-state index contributed by atoms with van der Waals surface area (Å²) in [6.07, 6.45) is 0. The summed E-state index contributed by atoms with van der Waals surface area (Å²) in [5.41, 5.74) is 2.31. The van der Waals surface area contributed by atoms with Crippen LogP contribution >= 0.6 is 15.9 Å². The van der Waals surface area contributed by atoms with E-state index >= 15 is 0 Å². The monoisotopic (exact) mass is 390 g/mol. The summed E-state index contributed by atoms with van der Waals surface area (Å²) in [5.74, 6) is -1.20. The summed E-state index contributed by atoms with van der Waals surface area (Å²) in [6.45, 7) is 1.97. The molecule has 0 bridgehead atoms. The summed E-state index contributed by atoms with van der Waals surface area (Å²) in [6, 6.07) is 14.7. The molecule has 0 aliphatic rings. The summed E-state index contributed by atoms with van der Waals surface area (Å²) < 4.78 is 10.6. The van der Waals surface area contributed by atoms with Gasteiger partial charge in [0, 0.05) is 4.47 Å². The molecule has 0 heterocycles. The number of carbonyl (C=O) groups is 2. The lowest BCUT2D eigenvalue weighted by Crippen LogP contribution is -2.20. The number of halogens is 1. The van der Waals surface area contributed by atoms with Gasteiger partial charge in [0.1, 0.15) is 0 Å². The van der Waals surface area contributed by atoms with Crippen molar-refractivity contribution in [3.63, 3.8) is 0 Å². The second-order valence-corrected chi connectivity index (χ2v) is 6.37. The van der Waals surface area contributed by atoms with Crippen molar-refractivity contribution in [2.45, 2.75) is 18.8 Å². The molecule has 0 saturated carbocycles. The lowest BCUT2D eigenvalue weighted by molar-refractivity contribution is -0.143. The minimum atomic E-state index is -0.424. The summed E-state index contributed by atoms with van der Waals surface area (Å²) in [5, 5.41) is 0. The van der Waals surface area contributed by atoms with Crippen molar-refractivity contribution in [2.24, 2.45) is 0 Å². The molecule has 0 amide bonds. The van der Waals surface area contributed by atoms with Crippen molar-refractivity contribution in [1.29, 1.82) is 0 Å². The molecular weight excluding hydrogens is 372 g/mol. The Labute approximate surface area is 149 Å². The van der Waals surface area contributed by atoms with Crippen LogP contribution in [-0.2, 0) is 14.3 Å². The molecule has 2 atom stereocenters. The number of rotatable bonds is 5. The van der Waals surface area contributed by atoms with E-state index in [0.717, 1.165) is 15.6 Å². The van der Waals surface area contributed by atoms with Crippen molar-refractivity contribution >= 4 is 27.9 Å². The van der Waals surface area contributed by atoms with Gasteiger partial charge >= 0.3 is 11.9 Å². The first kappa shape index (κ1) is 18.2. The summed E-state index contributed by atoms with van der Waals surface area (Å²) in [7, 11) is 2.74. The van der Waals surface area contributed by atoms with E-state index < -0.39 is 5.92 Å². The largest absolute Gasteiger partial charge is 0.469 e. The zero-order valence-corrected chi connectivity index (χ0v) is 15.4. The average molecular weight is 391 g/mol. The van der Waals surface area contributed by atoms with Crippen LogP contribution in [0.25, 0.3) is 0 Å². The molecular formula is C19H19BrO4. The maximum absolute atomic E-state index is 12.3. The molecule has 2 aromatic rings. The van der Waals surface area contributed by atoms with Crippen molar-refractivity contribution in [3.8, 4) is 0 Å². The molecule has 0 unspecified atom stereocenters. The highest BCUT2D eigenvalue weighted by Gasteiger charge is 2.29. The van der Waals surface area contributed by atoms with E-state index in [9.17, 15) is 9.59 Å². The third-order valence-corrected chi connectivity index (χ3v) is 4.57. The van der Waals surface area contributed by atoms with Crippen LogP contribution in [0.3, 0.4) is 0 Å². The quantitative estimate of drug-likeness (QED) is 0.714. The Morgan fingerprint density at radius 2 is 1.42 bits per heavy atom. The Kier molecular flexibility index (Phi) is 6.15. The number of methoxy groups -OCH3 is 2. The first-order chi connectivity index (χ1) is 11.5. The van der Waals surface area contributed by atoms with Crippen molar-refractivity contribution in [2.75, 3.05) is 14.2 Å². The molecule has 0 saturated heterocycles. The molecule has 126 valence electrons. The van der Waals surface area contributed by atoms with E-state index in [2.05, 4.69) is 15.9 Å². The van der Waals surface area contributed by atoms with E-state index in [0.29, 0.717) is 5.56 Å². The van der Waals surface area contributed by atoms with Gasteiger partial charge in [0.05, 0.1) is 25.7 Å². The molecule has 24 heavy (non-hydrogen) atoms. The molecule has 0 radical (unpaired) electrons. The van der Waals surface area contributed by atoms with Crippen LogP contribution in [0.2, 0.25) is 0 Å². The number of carbonyl (C=O) groups excluding carboxylic acids is 2. The van der Waals surface area contributed by atoms with Gasteiger partial charge in [-0.05, 0) is 41.3 Å². The number of hydrogen-bond acceptors (Lipinski definition) is 4. The highest BCUT2D eigenvalue weighted by atomic mass is 79.9. The minimum absolute atomic E-state index is 0.106. The smallest absolute Gasteiger partial charge is 0.337 e. The normalized spacial score (nSPS) is 13.0. The minimum Gasteiger partial charge on any atom is -0.469 e. The van der Waals surface area contributed by atoms with Gasteiger partial charge in [-0.1, -0.05) is 47.1 Å². The van der Waals surface area contributed by atoms with E-state index in [-0.39, 0.29) is 17.9 Å². The maximum Gasteiger partial charge on any atom is 0.337 e. The standard InChI is InChI=1S/C19H19BrO4/c1-12(13-4-6-15(7-5-13)18(21)23-2)17(19(22)24-3)14-8-10-16(20)11-9-14/h4-12,17H,1-3H3/t12-,17-/m1/s1. The lowest BCUT2D eigenvalue weighted by Gasteiger charge is -2.23. The second kappa shape index (κ2) is 8.11. The van der Waals surface area contributed by atoms with Crippen LogP contribution in [0.5, 0.6) is 0 Å². The van der Waals surface area contributed by atoms with Gasteiger partial charge in [-0.3, -0.25) is 4.79 Å². The Morgan fingerprint density at radius 1 is 0.875 bits per heavy atom. The SMILES string of the molecule is COC(=O)c1ccc([C@@H](C)[C@@H](C(=O)OC)c2ccc(Br)cc2)cc1. The molecule has 5 heteroatoms. The first-order valence-electron chi connectivity index (χ1n) is 7.49. The number of ether oxygens (including phenoxy) is 2. The maximum atomic E-state index is 12.3. The van der Waals surface area contributed by atoms with Crippen LogP contribution in [0, 0.1) is 0 Å². The lowest BCUT2D eigenvalue weighted by atomic mass is 9.82. The molecule has 0 aromatic heterocycles. The van der Waals surface area contributed by atoms with Gasteiger partial charge in [0.25, 0.3) is 0 Å². The fourth-order valence-electron chi connectivity index (χ4n) is 2.66. The van der Waals surface area contributed by atoms with Gasteiger partial charge in [-0.15, -0.1) is 0 Å². The van der Waals surface area contributed by atoms with Crippen LogP contribution in [0.15, 0.2) is 53.0 Å². The van der Waals surface area contributed by atoms with Crippen molar-refractivity contribution < 1.29 is 19.1 Å². The fourth-order valence-corrected chi connectivity index (χ4v) is 2.92. The summed E-state index contributed by atoms with van der Waals surface area (Å²) in [4.78, 5) is 23.9. The van der Waals surface area contributed by atoms with E-state index in [1.807, 2.05) is 43.3 Å². The number of benzene rings is 2. The molecule has 4 nitrogen and oxygen atoms in total. The predicted octanol–water partition coefficient (Wildman–Crippen LogP) is 4.30. The van der Waals surface area contributed by atoms with E-state index in [4.69, 9.17) is 9.47 Å². The van der Waals surface area contributed by atoms with E-state index in [1.54, 1.807) is 12.1 Å². The molecule has 0 N–H and O–H groups in total. The van der Waals surface area contributed by atoms with E-state index in [1.165, 1.54) is 14.2 Å². The van der Waals surface area contributed by atoms with Crippen LogP contribution in [0.1, 0.15) is 40.2 Å². The predicted molar refractivity (Wildman–Crippen MR) is 95.1 cm³/mol. The summed E-state index contributed by atoms with van der Waals surface area (Å²) >= 11 is 3.40. The number of esters is 2. The van der Waals surface area contributed by atoms with Crippen LogP contribution < -0.4 is 0 Å². The molecule has 0 fully saturated rings. The molecule has 0 aliphatic heterocycles. The topological polar surface area (TPSA) is 52.6 Å². The Balaban J connectivity index is 2.34. The second-order valence-electron chi connectivity index (χ2n) is 5.45. The van der Waals surface area contributed by atoms with Gasteiger partial charge in [-0.2, -0.15) is 0 Å². The first-order valence-corrected chi connectivity index (χ1v) is 8.28. The third-order valence-electron chi connectivity index (χ3n) is 4.04. The van der Waals surface area contributed by atoms with Gasteiger partial charge in [0.15, 0.2) is 0 Å². The molecule has 0 aliphatic carbocycles. The zero-order chi connectivity index (χ0) is 17.7. The van der Waals surface area contributed by atoms with Crippen molar-refractivity contribution in [3.05, 3.63) is 69.7 Å². The Hall–Kier alpha value is -2.14. The van der Waals surface area contributed by atoms with Crippen LogP contribution in [0.4, 0.5) is 0 Å². The van der Waals surface area contributed by atoms with Gasteiger partial charge in [0.2, 0.25) is 0 Å². The molecule has 2 aromatic carbocycles. The van der Waals surface area contributed by atoms with Gasteiger partial charge < -0.3 is 9.47 Å². The Morgan fingerprint density at radius 3 is 1.92 bits per heavy atom. The average Bonchev–Trinajstić information content (AvgIpc) is 2.62.